The van der Waals surface area contributed by atoms with E-state index in [-0.39, 0.29) is 0 Å². The van der Waals surface area contributed by atoms with Crippen LogP contribution in [0.3, 0.4) is 0 Å². The Kier molecular flexibility index (Phi) is 6.32. The van der Waals surface area contributed by atoms with Gasteiger partial charge in [-0.25, -0.2) is 0 Å². The summed E-state index contributed by atoms with van der Waals surface area (Å²) < 4.78 is 0. The van der Waals surface area contributed by atoms with Crippen LogP contribution in [0.25, 0.3) is 0 Å². The van der Waals surface area contributed by atoms with Crippen molar-refractivity contribution >= 4 is 17.8 Å². The number of rotatable bonds is 8. The zero-order chi connectivity index (χ0) is 14.3. The van der Waals surface area contributed by atoms with E-state index in [2.05, 4.69) is 39.0 Å². The van der Waals surface area contributed by atoms with Gasteiger partial charge in [0.2, 0.25) is 17.8 Å². The van der Waals surface area contributed by atoms with Gasteiger partial charge in [0.1, 0.15) is 0 Å². The Balaban J connectivity index is 3.02. The largest absolute Gasteiger partial charge is 0.354 e. The molecule has 0 radical (unpaired) electrons. The van der Waals surface area contributed by atoms with Gasteiger partial charge in [-0.3, -0.25) is 0 Å². The van der Waals surface area contributed by atoms with Crippen LogP contribution in [-0.2, 0) is 0 Å². The van der Waals surface area contributed by atoms with Crippen molar-refractivity contribution in [3.8, 4) is 0 Å². The summed E-state index contributed by atoms with van der Waals surface area (Å²) in [4.78, 5) is 17.5. The minimum Gasteiger partial charge on any atom is -0.354 e. The van der Waals surface area contributed by atoms with Crippen molar-refractivity contribution in [3.05, 3.63) is 0 Å². The van der Waals surface area contributed by atoms with Gasteiger partial charge in [0, 0.05) is 33.7 Å². The molecule has 0 aromatic carbocycles. The van der Waals surface area contributed by atoms with Crippen LogP contribution in [-0.4, -0.2) is 48.7 Å². The fraction of sp³-hybridized carbons (Fsp3) is 0.769. The third-order valence-electron chi connectivity index (χ3n) is 2.79. The summed E-state index contributed by atoms with van der Waals surface area (Å²) in [5.41, 5.74) is 0. The maximum Gasteiger partial charge on any atom is 0.231 e. The normalized spacial score (nSPS) is 10.4. The van der Waals surface area contributed by atoms with E-state index in [9.17, 15) is 0 Å². The van der Waals surface area contributed by atoms with Crippen molar-refractivity contribution in [2.45, 2.75) is 33.6 Å². The van der Waals surface area contributed by atoms with E-state index in [0.29, 0.717) is 11.9 Å². The van der Waals surface area contributed by atoms with Gasteiger partial charge in [0.25, 0.3) is 0 Å². The Morgan fingerprint density at radius 2 is 1.68 bits per heavy atom. The smallest absolute Gasteiger partial charge is 0.231 e. The molecule has 0 bridgehead atoms. The molecule has 0 atom stereocenters. The van der Waals surface area contributed by atoms with Gasteiger partial charge in [0.15, 0.2) is 0 Å². The van der Waals surface area contributed by atoms with Gasteiger partial charge in [-0.1, -0.05) is 13.3 Å². The summed E-state index contributed by atoms with van der Waals surface area (Å²) in [7, 11) is 3.88. The number of hydrogen-bond acceptors (Lipinski definition) is 6. The molecule has 19 heavy (non-hydrogen) atoms. The Bertz CT molecular complexity index is 379. The van der Waals surface area contributed by atoms with Gasteiger partial charge in [-0.05, 0) is 20.3 Å². The minimum absolute atomic E-state index is 0.645. The van der Waals surface area contributed by atoms with Crippen molar-refractivity contribution in [2.24, 2.45) is 0 Å². The molecule has 1 aromatic rings. The molecule has 0 unspecified atom stereocenters. The third-order valence-corrected chi connectivity index (χ3v) is 2.79. The Hall–Kier alpha value is -1.59. The molecule has 1 N–H and O–H groups in total. The van der Waals surface area contributed by atoms with Crippen LogP contribution in [0.4, 0.5) is 17.8 Å². The molecule has 0 fully saturated rings. The topological polar surface area (TPSA) is 57.2 Å². The molecule has 6 nitrogen and oxygen atoms in total. The second-order valence-corrected chi connectivity index (χ2v) is 4.62. The molecule has 108 valence electrons. The highest BCUT2D eigenvalue weighted by molar-refractivity contribution is 5.44. The summed E-state index contributed by atoms with van der Waals surface area (Å²) in [5, 5.41) is 3.16. The van der Waals surface area contributed by atoms with E-state index >= 15 is 0 Å². The molecule has 0 aliphatic rings. The van der Waals surface area contributed by atoms with Crippen LogP contribution >= 0.6 is 0 Å². The van der Waals surface area contributed by atoms with Crippen LogP contribution in [0, 0.1) is 0 Å². The lowest BCUT2D eigenvalue weighted by atomic mass is 10.3. The van der Waals surface area contributed by atoms with Gasteiger partial charge >= 0.3 is 0 Å². The molecular formula is C13H26N6. The zero-order valence-electron chi connectivity index (χ0n) is 12.8. The maximum atomic E-state index is 4.53. The molecule has 1 heterocycles. The van der Waals surface area contributed by atoms with Crippen LogP contribution in [0.1, 0.15) is 33.6 Å². The molecule has 1 aromatic heterocycles. The molecule has 6 heteroatoms. The second-order valence-electron chi connectivity index (χ2n) is 4.62. The fourth-order valence-electron chi connectivity index (χ4n) is 1.68. The highest BCUT2D eigenvalue weighted by Gasteiger charge is 2.12. The predicted molar refractivity (Wildman–Crippen MR) is 81.1 cm³/mol. The molecular weight excluding hydrogens is 240 g/mol. The monoisotopic (exact) mass is 266 g/mol. The Labute approximate surface area is 116 Å². The lowest BCUT2D eigenvalue weighted by molar-refractivity contribution is 0.710. The molecule has 0 aliphatic carbocycles. The summed E-state index contributed by atoms with van der Waals surface area (Å²) in [6, 6.07) is 0. The summed E-state index contributed by atoms with van der Waals surface area (Å²) in [6.45, 7) is 9.04. The number of anilines is 3. The van der Waals surface area contributed by atoms with E-state index in [1.54, 1.807) is 0 Å². The number of nitrogens with one attached hydrogen (secondary N) is 1. The highest BCUT2D eigenvalue weighted by Crippen LogP contribution is 2.15. The zero-order valence-corrected chi connectivity index (χ0v) is 12.8. The maximum absolute atomic E-state index is 4.53. The third kappa shape index (κ3) is 4.54. The lowest BCUT2D eigenvalue weighted by Crippen LogP contribution is -2.27. The number of hydrogen-bond donors (Lipinski definition) is 1. The molecule has 0 saturated carbocycles. The first-order valence-corrected chi connectivity index (χ1v) is 7.04. The van der Waals surface area contributed by atoms with Crippen LogP contribution in [0.15, 0.2) is 0 Å². The fourth-order valence-corrected chi connectivity index (χ4v) is 1.68. The summed E-state index contributed by atoms with van der Waals surface area (Å²) in [5.74, 6) is 2.09. The van der Waals surface area contributed by atoms with Gasteiger partial charge in [-0.15, -0.1) is 0 Å². The predicted octanol–water partition coefficient (Wildman–Crippen LogP) is 2.00. The Morgan fingerprint density at radius 3 is 2.21 bits per heavy atom. The first-order chi connectivity index (χ1) is 9.12. The molecule has 0 spiro atoms. The summed E-state index contributed by atoms with van der Waals surface area (Å²) >= 11 is 0. The van der Waals surface area contributed by atoms with Crippen molar-refractivity contribution in [3.63, 3.8) is 0 Å². The molecule has 0 saturated heterocycles. The van der Waals surface area contributed by atoms with E-state index in [1.807, 2.05) is 25.9 Å². The average molecular weight is 266 g/mol. The lowest BCUT2D eigenvalue weighted by Gasteiger charge is -2.22. The van der Waals surface area contributed by atoms with Crippen LogP contribution in [0.2, 0.25) is 0 Å². The van der Waals surface area contributed by atoms with Gasteiger partial charge < -0.3 is 15.1 Å². The van der Waals surface area contributed by atoms with Crippen molar-refractivity contribution < 1.29 is 0 Å². The van der Waals surface area contributed by atoms with E-state index in [1.165, 1.54) is 6.42 Å². The van der Waals surface area contributed by atoms with E-state index in [4.69, 9.17) is 0 Å². The first-order valence-electron chi connectivity index (χ1n) is 7.04. The number of unbranched alkanes of at least 4 members (excludes halogenated alkanes) is 1. The molecule has 0 amide bonds. The van der Waals surface area contributed by atoms with E-state index in [0.717, 1.165) is 32.0 Å². The minimum atomic E-state index is 0.645. The van der Waals surface area contributed by atoms with E-state index < -0.39 is 0 Å². The van der Waals surface area contributed by atoms with Crippen molar-refractivity contribution in [2.75, 3.05) is 48.8 Å². The standard InChI is InChI=1S/C13H26N6/c1-6-9-10-19(8-3)13-16-11(14-7-2)15-12(17-13)18(4)5/h6-10H2,1-5H3,(H,14,15,16,17). The van der Waals surface area contributed by atoms with Gasteiger partial charge in [-0.2, -0.15) is 15.0 Å². The highest BCUT2D eigenvalue weighted by atomic mass is 15.3. The van der Waals surface area contributed by atoms with Crippen LogP contribution < -0.4 is 15.1 Å². The SMILES string of the molecule is CCCCN(CC)c1nc(NCC)nc(N(C)C)n1. The summed E-state index contributed by atoms with van der Waals surface area (Å²) in [6.07, 6.45) is 2.32. The van der Waals surface area contributed by atoms with Crippen LogP contribution in [0.5, 0.6) is 0 Å². The molecule has 1 rings (SSSR count). The average Bonchev–Trinajstić information content (AvgIpc) is 2.39. The molecule has 0 aliphatic heterocycles. The van der Waals surface area contributed by atoms with Gasteiger partial charge in [0.05, 0.1) is 0 Å². The van der Waals surface area contributed by atoms with Crippen molar-refractivity contribution in [1.82, 2.24) is 15.0 Å². The number of nitrogens with zero attached hydrogens (tertiary/aromatic N) is 5. The Morgan fingerprint density at radius 1 is 1.00 bits per heavy atom. The number of aromatic nitrogens is 3. The second kappa shape index (κ2) is 7.76. The first kappa shape index (κ1) is 15.5. The quantitative estimate of drug-likeness (QED) is 0.776. The van der Waals surface area contributed by atoms with Crippen molar-refractivity contribution in [1.29, 1.82) is 0 Å².